The molecule has 1 amide bonds. The number of carbonyl (C=O) groups is 2. The predicted octanol–water partition coefficient (Wildman–Crippen LogP) is 6.11. The minimum Gasteiger partial charge on any atom is -0.480 e. The van der Waals surface area contributed by atoms with Crippen molar-refractivity contribution >= 4 is 11.9 Å². The third kappa shape index (κ3) is 21.4. The molecule has 0 saturated carbocycles. The van der Waals surface area contributed by atoms with Gasteiger partial charge in [0, 0.05) is 13.0 Å². The lowest BCUT2D eigenvalue weighted by atomic mass is 10.1. The van der Waals surface area contributed by atoms with Gasteiger partial charge in [-0.05, 0) is 44.9 Å². The van der Waals surface area contributed by atoms with Crippen LogP contribution in [0.3, 0.4) is 0 Å². The van der Waals surface area contributed by atoms with Crippen molar-refractivity contribution in [3.8, 4) is 0 Å². The Kier molecular flexibility index (Phi) is 21.3. The van der Waals surface area contributed by atoms with Crippen LogP contribution >= 0.6 is 0 Å². The van der Waals surface area contributed by atoms with Gasteiger partial charge in [0.15, 0.2) is 0 Å². The van der Waals surface area contributed by atoms with E-state index in [4.69, 9.17) is 10.8 Å². The molecule has 4 N–H and O–H groups in total. The van der Waals surface area contributed by atoms with E-state index < -0.39 is 12.0 Å². The maximum Gasteiger partial charge on any atom is 0.320 e. The summed E-state index contributed by atoms with van der Waals surface area (Å²) in [5.41, 5.74) is 5.44. The molecule has 0 bridgehead atoms. The summed E-state index contributed by atoms with van der Waals surface area (Å²) in [6.45, 7) is 2.87. The smallest absolute Gasteiger partial charge is 0.320 e. The van der Waals surface area contributed by atoms with E-state index in [9.17, 15) is 9.59 Å². The van der Waals surface area contributed by atoms with Crippen LogP contribution in [0.4, 0.5) is 0 Å². The first-order valence-electron chi connectivity index (χ1n) is 12.5. The van der Waals surface area contributed by atoms with Crippen LogP contribution in [-0.4, -0.2) is 29.6 Å². The molecule has 0 aromatic carbocycles. The van der Waals surface area contributed by atoms with Gasteiger partial charge in [-0.1, -0.05) is 83.3 Å². The fourth-order valence-corrected chi connectivity index (χ4v) is 3.47. The van der Waals surface area contributed by atoms with Gasteiger partial charge >= 0.3 is 5.97 Å². The van der Waals surface area contributed by atoms with Crippen molar-refractivity contribution < 1.29 is 14.7 Å². The van der Waals surface area contributed by atoms with Crippen molar-refractivity contribution in [3.05, 3.63) is 12.2 Å². The molecule has 0 aromatic rings. The lowest BCUT2D eigenvalue weighted by molar-refractivity contribution is -0.138. The van der Waals surface area contributed by atoms with Crippen molar-refractivity contribution in [2.75, 3.05) is 6.54 Å². The lowest BCUT2D eigenvalue weighted by Crippen LogP contribution is -2.30. The molecule has 176 valence electrons. The van der Waals surface area contributed by atoms with Crippen molar-refractivity contribution in [2.45, 2.75) is 129 Å². The number of aliphatic carboxylic acids is 1. The summed E-state index contributed by atoms with van der Waals surface area (Å²) < 4.78 is 0. The van der Waals surface area contributed by atoms with E-state index in [1.807, 2.05) is 0 Å². The highest BCUT2D eigenvalue weighted by Crippen LogP contribution is 2.12. The lowest BCUT2D eigenvalue weighted by Gasteiger charge is -2.07. The third-order valence-corrected chi connectivity index (χ3v) is 5.50. The Balaban J connectivity index is 3.29. The van der Waals surface area contributed by atoms with E-state index in [1.54, 1.807) is 0 Å². The molecular formula is C25H48N2O3. The van der Waals surface area contributed by atoms with Crippen molar-refractivity contribution in [2.24, 2.45) is 5.73 Å². The fraction of sp³-hybridized carbons (Fsp3) is 0.840. The molecule has 0 unspecified atom stereocenters. The quantitative estimate of drug-likeness (QED) is 0.144. The Hall–Kier alpha value is -1.36. The van der Waals surface area contributed by atoms with Crippen LogP contribution in [0.15, 0.2) is 12.2 Å². The molecule has 30 heavy (non-hydrogen) atoms. The molecule has 0 fully saturated rings. The van der Waals surface area contributed by atoms with Crippen molar-refractivity contribution in [1.82, 2.24) is 5.32 Å². The van der Waals surface area contributed by atoms with Gasteiger partial charge in [-0.2, -0.15) is 0 Å². The van der Waals surface area contributed by atoms with Crippen LogP contribution in [0.2, 0.25) is 0 Å². The summed E-state index contributed by atoms with van der Waals surface area (Å²) in [5.74, 6) is -0.883. The minimum atomic E-state index is -0.962. The highest BCUT2D eigenvalue weighted by Gasteiger charge is 2.10. The number of allylic oxidation sites excluding steroid dienone is 2. The zero-order chi connectivity index (χ0) is 22.3. The highest BCUT2D eigenvalue weighted by atomic mass is 16.4. The second kappa shape index (κ2) is 22.3. The first-order chi connectivity index (χ1) is 14.6. The molecule has 0 aliphatic carbocycles. The van der Waals surface area contributed by atoms with E-state index in [0.29, 0.717) is 19.4 Å². The molecule has 1 atom stereocenters. The summed E-state index contributed by atoms with van der Waals surface area (Å²) in [6, 6.07) is -0.794. The van der Waals surface area contributed by atoms with E-state index in [-0.39, 0.29) is 5.91 Å². The summed E-state index contributed by atoms with van der Waals surface area (Å²) in [6.07, 6.45) is 25.1. The number of carboxylic acids is 1. The fourth-order valence-electron chi connectivity index (χ4n) is 3.47. The van der Waals surface area contributed by atoms with Crippen LogP contribution < -0.4 is 11.1 Å². The average Bonchev–Trinajstić information content (AvgIpc) is 2.72. The molecule has 0 spiro atoms. The van der Waals surface area contributed by atoms with E-state index in [1.165, 1.54) is 70.6 Å². The van der Waals surface area contributed by atoms with Crippen molar-refractivity contribution in [1.29, 1.82) is 0 Å². The monoisotopic (exact) mass is 424 g/mol. The largest absolute Gasteiger partial charge is 0.480 e. The summed E-state index contributed by atoms with van der Waals surface area (Å²) in [7, 11) is 0. The van der Waals surface area contributed by atoms with Crippen molar-refractivity contribution in [3.63, 3.8) is 0 Å². The number of nitrogens with two attached hydrogens (primary N) is 1. The van der Waals surface area contributed by atoms with E-state index >= 15 is 0 Å². The number of amides is 1. The molecule has 5 heteroatoms. The first-order valence-corrected chi connectivity index (χ1v) is 12.5. The number of rotatable bonds is 22. The Bertz CT molecular complexity index is 438. The maximum absolute atomic E-state index is 11.7. The SMILES string of the molecule is CCCCCCCCCCCCC/C=C/CCCC(=O)NCCCC[C@H](N)C(=O)O. The molecule has 0 rings (SSSR count). The zero-order valence-electron chi connectivity index (χ0n) is 19.5. The maximum atomic E-state index is 11.7. The highest BCUT2D eigenvalue weighted by molar-refractivity contribution is 5.75. The average molecular weight is 425 g/mol. The first kappa shape index (κ1) is 28.6. The number of carbonyl (C=O) groups excluding carboxylic acids is 1. The van der Waals surface area contributed by atoms with Crippen LogP contribution in [-0.2, 0) is 9.59 Å². The van der Waals surface area contributed by atoms with Gasteiger partial charge in [0.25, 0.3) is 0 Å². The molecule has 0 radical (unpaired) electrons. The topological polar surface area (TPSA) is 92.4 Å². The Labute approximate surface area is 185 Å². The van der Waals surface area contributed by atoms with Crippen LogP contribution in [0.5, 0.6) is 0 Å². The number of hydrogen-bond acceptors (Lipinski definition) is 3. The summed E-state index contributed by atoms with van der Waals surface area (Å²) in [5, 5.41) is 11.6. The molecule has 0 heterocycles. The van der Waals surface area contributed by atoms with Gasteiger partial charge in [-0.3, -0.25) is 9.59 Å². The molecule has 0 aliphatic rings. The van der Waals surface area contributed by atoms with Gasteiger partial charge in [0.2, 0.25) is 5.91 Å². The second-order valence-corrected chi connectivity index (χ2v) is 8.48. The number of carboxylic acid groups (broad SMARTS) is 1. The van der Waals surface area contributed by atoms with Gasteiger partial charge in [-0.25, -0.2) is 0 Å². The van der Waals surface area contributed by atoms with Crippen LogP contribution in [0, 0.1) is 0 Å². The number of hydrogen-bond donors (Lipinski definition) is 3. The van der Waals surface area contributed by atoms with Gasteiger partial charge in [0.05, 0.1) is 0 Å². The minimum absolute atomic E-state index is 0.0799. The summed E-state index contributed by atoms with van der Waals surface area (Å²) in [4.78, 5) is 22.3. The normalized spacial score (nSPS) is 12.3. The van der Waals surface area contributed by atoms with Gasteiger partial charge < -0.3 is 16.2 Å². The van der Waals surface area contributed by atoms with Crippen LogP contribution in [0.25, 0.3) is 0 Å². The zero-order valence-corrected chi connectivity index (χ0v) is 19.5. The molecule has 0 saturated heterocycles. The van der Waals surface area contributed by atoms with E-state index in [2.05, 4.69) is 24.4 Å². The van der Waals surface area contributed by atoms with E-state index in [0.717, 1.165) is 32.1 Å². The van der Waals surface area contributed by atoms with Crippen LogP contribution in [0.1, 0.15) is 122 Å². The third-order valence-electron chi connectivity index (χ3n) is 5.50. The Morgan fingerprint density at radius 3 is 1.90 bits per heavy atom. The molecule has 0 aliphatic heterocycles. The van der Waals surface area contributed by atoms with Gasteiger partial charge in [0.1, 0.15) is 6.04 Å². The predicted molar refractivity (Wildman–Crippen MR) is 127 cm³/mol. The van der Waals surface area contributed by atoms with Gasteiger partial charge in [-0.15, -0.1) is 0 Å². The Morgan fingerprint density at radius 2 is 1.33 bits per heavy atom. The standard InChI is InChI=1S/C25H48N2O3/c1-2-3-4-5-6-7-8-9-10-11-12-13-14-15-16-17-21-24(28)27-22-19-18-20-23(26)25(29)30/h14-15,23H,2-13,16-22,26H2,1H3,(H,27,28)(H,29,30)/b15-14+/t23-/m0/s1. The molecule has 0 aromatic heterocycles. The number of unbranched alkanes of at least 4 members (excludes halogenated alkanes) is 13. The summed E-state index contributed by atoms with van der Waals surface area (Å²) >= 11 is 0. The molecule has 5 nitrogen and oxygen atoms in total. The number of nitrogens with one attached hydrogen (secondary N) is 1. The molecular weight excluding hydrogens is 376 g/mol. The second-order valence-electron chi connectivity index (χ2n) is 8.48. The Morgan fingerprint density at radius 1 is 0.800 bits per heavy atom.